The van der Waals surface area contributed by atoms with Crippen molar-refractivity contribution in [2.75, 3.05) is 34.3 Å². The predicted molar refractivity (Wildman–Crippen MR) is 130 cm³/mol. The monoisotopic (exact) mass is 469 g/mol. The van der Waals surface area contributed by atoms with Gasteiger partial charge in [-0.25, -0.2) is 12.7 Å². The molecule has 1 aliphatic rings. The zero-order chi connectivity index (χ0) is 23.9. The smallest absolute Gasteiger partial charge is 0.253 e. The maximum atomic E-state index is 13.3. The maximum absolute atomic E-state index is 13.3. The second-order valence-electron chi connectivity index (χ2n) is 8.93. The first kappa shape index (κ1) is 23.3. The third-order valence-corrected chi connectivity index (χ3v) is 8.71. The number of carbonyl (C=O) groups excluding carboxylic acids is 1. The molecule has 1 aromatic heterocycles. The predicted octanol–water partition coefficient (Wildman–Crippen LogP) is 4.06. The molecular weight excluding hydrogens is 438 g/mol. The number of H-pyrrole nitrogens is 1. The number of nitrogens with one attached hydrogen (secondary N) is 1. The molecule has 33 heavy (non-hydrogen) atoms. The Hall–Kier alpha value is -2.84. The normalized spacial score (nSPS) is 15.4. The fourth-order valence-electron chi connectivity index (χ4n) is 4.58. The van der Waals surface area contributed by atoms with Gasteiger partial charge in [-0.3, -0.25) is 4.79 Å². The number of fused-ring (bicyclic) bond motifs is 1. The van der Waals surface area contributed by atoms with Crippen LogP contribution in [-0.2, 0) is 10.0 Å². The zero-order valence-electron chi connectivity index (χ0n) is 19.8. The van der Waals surface area contributed by atoms with Crippen LogP contribution in [-0.4, -0.2) is 62.8 Å². The molecule has 1 amide bonds. The van der Waals surface area contributed by atoms with E-state index in [2.05, 4.69) is 17.2 Å². The lowest BCUT2D eigenvalue weighted by Crippen LogP contribution is -2.38. The molecule has 0 atom stereocenters. The summed E-state index contributed by atoms with van der Waals surface area (Å²) in [7, 11) is 1.04. The van der Waals surface area contributed by atoms with Crippen molar-refractivity contribution < 1.29 is 17.9 Å². The molecule has 0 bridgehead atoms. The molecule has 8 heteroatoms. The Labute approximate surface area is 195 Å². The number of methoxy groups -OCH3 is 1. The Morgan fingerprint density at radius 2 is 1.82 bits per heavy atom. The number of benzene rings is 2. The lowest BCUT2D eigenvalue weighted by molar-refractivity contribution is 0.0713. The van der Waals surface area contributed by atoms with Crippen molar-refractivity contribution in [3.05, 3.63) is 58.8 Å². The van der Waals surface area contributed by atoms with Gasteiger partial charge in [0, 0.05) is 49.8 Å². The lowest BCUT2D eigenvalue weighted by Gasteiger charge is -2.32. The average molecular weight is 470 g/mol. The van der Waals surface area contributed by atoms with Gasteiger partial charge in [-0.2, -0.15) is 0 Å². The van der Waals surface area contributed by atoms with E-state index in [1.165, 1.54) is 30.0 Å². The molecule has 2 aromatic carbocycles. The number of ether oxygens (including phenoxy) is 1. The van der Waals surface area contributed by atoms with Crippen LogP contribution in [0.3, 0.4) is 0 Å². The third-order valence-electron chi connectivity index (χ3n) is 6.77. The molecule has 3 aromatic rings. The SMILES string of the molecule is COc1ccc2[nH]cc(C3CCN(C(=O)c4cc(C)c(C)c(S(=O)(=O)N(C)C)c4)CC3)c2c1. The van der Waals surface area contributed by atoms with Crippen molar-refractivity contribution in [2.45, 2.75) is 37.5 Å². The summed E-state index contributed by atoms with van der Waals surface area (Å²) in [6.45, 7) is 4.88. The number of nitrogens with zero attached hydrogens (tertiary/aromatic N) is 2. The number of sulfonamides is 1. The summed E-state index contributed by atoms with van der Waals surface area (Å²) in [5.41, 5.74) is 4.22. The van der Waals surface area contributed by atoms with Crippen molar-refractivity contribution in [3.63, 3.8) is 0 Å². The van der Waals surface area contributed by atoms with Crippen LogP contribution in [0.15, 0.2) is 41.4 Å². The van der Waals surface area contributed by atoms with Crippen molar-refractivity contribution in [2.24, 2.45) is 0 Å². The van der Waals surface area contributed by atoms with E-state index in [1.807, 2.05) is 24.0 Å². The first-order valence-electron chi connectivity index (χ1n) is 11.1. The van der Waals surface area contributed by atoms with Gasteiger partial charge >= 0.3 is 0 Å². The lowest BCUT2D eigenvalue weighted by atomic mass is 9.89. The summed E-state index contributed by atoms with van der Waals surface area (Å²) in [5.74, 6) is 1.06. The summed E-state index contributed by atoms with van der Waals surface area (Å²) in [6, 6.07) is 9.34. The van der Waals surface area contributed by atoms with Gasteiger partial charge in [0.1, 0.15) is 5.75 Å². The highest BCUT2D eigenvalue weighted by Gasteiger charge is 2.28. The number of aromatic amines is 1. The van der Waals surface area contributed by atoms with E-state index in [0.29, 0.717) is 30.1 Å². The van der Waals surface area contributed by atoms with Gasteiger partial charge in [0.05, 0.1) is 12.0 Å². The van der Waals surface area contributed by atoms with Gasteiger partial charge in [-0.15, -0.1) is 0 Å². The van der Waals surface area contributed by atoms with Gasteiger partial charge in [0.2, 0.25) is 10.0 Å². The second kappa shape index (κ2) is 8.83. The first-order chi connectivity index (χ1) is 15.6. The minimum Gasteiger partial charge on any atom is -0.497 e. The Morgan fingerprint density at radius 3 is 2.45 bits per heavy atom. The minimum atomic E-state index is -3.63. The van der Waals surface area contributed by atoms with Crippen molar-refractivity contribution >= 4 is 26.8 Å². The Morgan fingerprint density at radius 1 is 1.12 bits per heavy atom. The van der Waals surface area contributed by atoms with Gasteiger partial charge in [-0.05, 0) is 79.6 Å². The summed E-state index contributed by atoms with van der Waals surface area (Å²) < 4.78 is 32.1. The van der Waals surface area contributed by atoms with E-state index in [0.717, 1.165) is 35.1 Å². The minimum absolute atomic E-state index is 0.118. The van der Waals surface area contributed by atoms with E-state index in [1.54, 1.807) is 20.1 Å². The van der Waals surface area contributed by atoms with Crippen LogP contribution in [0.4, 0.5) is 0 Å². The number of aromatic nitrogens is 1. The van der Waals surface area contributed by atoms with Crippen molar-refractivity contribution in [3.8, 4) is 5.75 Å². The molecule has 1 N–H and O–H groups in total. The summed E-state index contributed by atoms with van der Waals surface area (Å²) in [5, 5.41) is 1.16. The number of carbonyl (C=O) groups is 1. The number of hydrogen-bond donors (Lipinski definition) is 1. The van der Waals surface area contributed by atoms with Crippen LogP contribution < -0.4 is 4.74 Å². The largest absolute Gasteiger partial charge is 0.497 e. The van der Waals surface area contributed by atoms with E-state index in [9.17, 15) is 13.2 Å². The van der Waals surface area contributed by atoms with Crippen molar-refractivity contribution in [1.82, 2.24) is 14.2 Å². The van der Waals surface area contributed by atoms with Crippen LogP contribution >= 0.6 is 0 Å². The van der Waals surface area contributed by atoms with Crippen molar-refractivity contribution in [1.29, 1.82) is 0 Å². The van der Waals surface area contributed by atoms with E-state index < -0.39 is 10.0 Å². The van der Waals surface area contributed by atoms with Crippen LogP contribution in [0, 0.1) is 13.8 Å². The number of aryl methyl sites for hydroxylation is 1. The fourth-order valence-corrected chi connectivity index (χ4v) is 5.79. The van der Waals surface area contributed by atoms with E-state index in [-0.39, 0.29) is 10.8 Å². The number of hydrogen-bond acceptors (Lipinski definition) is 4. The Balaban J connectivity index is 1.54. The average Bonchev–Trinajstić information content (AvgIpc) is 3.23. The number of amides is 1. The maximum Gasteiger partial charge on any atom is 0.253 e. The van der Waals surface area contributed by atoms with Gasteiger partial charge in [0.25, 0.3) is 5.91 Å². The van der Waals surface area contributed by atoms with Crippen LogP contribution in [0.25, 0.3) is 10.9 Å². The summed E-state index contributed by atoms with van der Waals surface area (Å²) in [6.07, 6.45) is 3.77. The highest BCUT2D eigenvalue weighted by atomic mass is 32.2. The molecular formula is C25H31N3O4S. The molecule has 1 aliphatic heterocycles. The summed E-state index contributed by atoms with van der Waals surface area (Å²) >= 11 is 0. The molecule has 1 saturated heterocycles. The molecule has 0 unspecified atom stereocenters. The summed E-state index contributed by atoms with van der Waals surface area (Å²) in [4.78, 5) is 18.7. The van der Waals surface area contributed by atoms with E-state index in [4.69, 9.17) is 4.74 Å². The van der Waals surface area contributed by atoms with Gasteiger partial charge in [-0.1, -0.05) is 0 Å². The Kier molecular flexibility index (Phi) is 6.24. The topological polar surface area (TPSA) is 82.7 Å². The molecule has 0 radical (unpaired) electrons. The van der Waals surface area contributed by atoms with Gasteiger partial charge < -0.3 is 14.6 Å². The molecule has 7 nitrogen and oxygen atoms in total. The second-order valence-corrected chi connectivity index (χ2v) is 11.0. The zero-order valence-corrected chi connectivity index (χ0v) is 20.6. The fraction of sp³-hybridized carbons (Fsp3) is 0.400. The number of piperidine rings is 1. The molecule has 0 saturated carbocycles. The first-order valence-corrected chi connectivity index (χ1v) is 12.6. The molecule has 4 rings (SSSR count). The molecule has 1 fully saturated rings. The van der Waals surface area contributed by atoms with Crippen LogP contribution in [0.2, 0.25) is 0 Å². The molecule has 176 valence electrons. The molecule has 2 heterocycles. The van der Waals surface area contributed by atoms with Crippen LogP contribution in [0.1, 0.15) is 45.8 Å². The quantitative estimate of drug-likeness (QED) is 0.611. The number of likely N-dealkylation sites (tertiary alicyclic amines) is 1. The highest BCUT2D eigenvalue weighted by molar-refractivity contribution is 7.89. The third kappa shape index (κ3) is 4.25. The number of rotatable bonds is 5. The standard InChI is InChI=1S/C25H31N3O4S/c1-16-12-19(13-24(17(16)2)33(30,31)27(3)4)25(29)28-10-8-18(9-11-28)22-15-26-23-7-6-20(32-5)14-21(22)23/h6-7,12-15,18,26H,8-11H2,1-5H3. The molecule has 0 spiro atoms. The van der Waals surface area contributed by atoms with E-state index >= 15 is 0 Å². The van der Waals surface area contributed by atoms with Crippen LogP contribution in [0.5, 0.6) is 5.75 Å². The highest BCUT2D eigenvalue weighted by Crippen LogP contribution is 2.35. The van der Waals surface area contributed by atoms with Gasteiger partial charge in [0.15, 0.2) is 0 Å². The Bertz CT molecular complexity index is 1300. The molecule has 0 aliphatic carbocycles.